The van der Waals surface area contributed by atoms with Crippen LogP contribution in [-0.4, -0.2) is 22.3 Å². The van der Waals surface area contributed by atoms with Gasteiger partial charge in [0.1, 0.15) is 0 Å². The number of carbonyl (C=O) groups excluding carboxylic acids is 1. The second kappa shape index (κ2) is 5.70. The first-order valence-electron chi connectivity index (χ1n) is 6.46. The van der Waals surface area contributed by atoms with E-state index in [1.54, 1.807) is 18.5 Å². The quantitative estimate of drug-likeness (QED) is 0.855. The topological polar surface area (TPSA) is 42.0 Å². The van der Waals surface area contributed by atoms with Gasteiger partial charge in [-0.05, 0) is 31.4 Å². The zero-order valence-electron chi connectivity index (χ0n) is 10.7. The molecule has 1 saturated carbocycles. The SMILES string of the molecule is Cc1cnccc1C(=O)NC1(CCl)CCCCC1. The summed E-state index contributed by atoms with van der Waals surface area (Å²) >= 11 is 6.08. The molecule has 1 aromatic rings. The summed E-state index contributed by atoms with van der Waals surface area (Å²) in [5, 5.41) is 3.14. The number of alkyl halides is 1. The van der Waals surface area contributed by atoms with E-state index in [-0.39, 0.29) is 11.4 Å². The minimum absolute atomic E-state index is 0.0301. The van der Waals surface area contributed by atoms with Gasteiger partial charge in [-0.2, -0.15) is 0 Å². The molecule has 0 atom stereocenters. The molecule has 98 valence electrons. The number of rotatable bonds is 3. The van der Waals surface area contributed by atoms with E-state index in [0.717, 1.165) is 31.2 Å². The lowest BCUT2D eigenvalue weighted by molar-refractivity contribution is 0.0884. The Balaban J connectivity index is 2.13. The molecule has 0 radical (unpaired) electrons. The van der Waals surface area contributed by atoms with Crippen molar-refractivity contribution >= 4 is 17.5 Å². The van der Waals surface area contributed by atoms with Gasteiger partial charge in [0.15, 0.2) is 0 Å². The summed E-state index contributed by atoms with van der Waals surface area (Å²) in [6.45, 7) is 1.90. The Kier molecular flexibility index (Phi) is 4.23. The maximum Gasteiger partial charge on any atom is 0.252 e. The molecule has 0 unspecified atom stereocenters. The lowest BCUT2D eigenvalue weighted by Gasteiger charge is -2.36. The zero-order valence-corrected chi connectivity index (χ0v) is 11.5. The van der Waals surface area contributed by atoms with Crippen molar-refractivity contribution in [2.75, 3.05) is 5.88 Å². The van der Waals surface area contributed by atoms with Crippen molar-refractivity contribution in [3.8, 4) is 0 Å². The molecule has 1 amide bonds. The predicted octanol–water partition coefficient (Wildman–Crippen LogP) is 3.06. The summed E-state index contributed by atoms with van der Waals surface area (Å²) in [7, 11) is 0. The molecule has 1 aromatic heterocycles. The number of aromatic nitrogens is 1. The number of carbonyl (C=O) groups is 1. The minimum Gasteiger partial charge on any atom is -0.345 e. The van der Waals surface area contributed by atoms with Crippen LogP contribution >= 0.6 is 11.6 Å². The van der Waals surface area contributed by atoms with E-state index in [4.69, 9.17) is 11.6 Å². The molecule has 1 aliphatic carbocycles. The number of hydrogen-bond acceptors (Lipinski definition) is 2. The third kappa shape index (κ3) is 2.83. The van der Waals surface area contributed by atoms with Crippen LogP contribution < -0.4 is 5.32 Å². The highest BCUT2D eigenvalue weighted by Crippen LogP contribution is 2.29. The summed E-state index contributed by atoms with van der Waals surface area (Å²) in [6, 6.07) is 1.76. The van der Waals surface area contributed by atoms with E-state index in [1.807, 2.05) is 6.92 Å². The van der Waals surface area contributed by atoms with E-state index in [2.05, 4.69) is 10.3 Å². The molecule has 18 heavy (non-hydrogen) atoms. The minimum atomic E-state index is -0.216. The first-order valence-corrected chi connectivity index (χ1v) is 6.99. The first-order chi connectivity index (χ1) is 8.67. The highest BCUT2D eigenvalue weighted by atomic mass is 35.5. The average Bonchev–Trinajstić information content (AvgIpc) is 2.40. The number of hydrogen-bond donors (Lipinski definition) is 1. The highest BCUT2D eigenvalue weighted by Gasteiger charge is 2.33. The molecule has 0 aliphatic heterocycles. The Morgan fingerprint density at radius 1 is 1.44 bits per heavy atom. The fourth-order valence-electron chi connectivity index (χ4n) is 2.56. The van der Waals surface area contributed by atoms with Crippen molar-refractivity contribution in [1.82, 2.24) is 10.3 Å². The van der Waals surface area contributed by atoms with Crippen LogP contribution in [0.5, 0.6) is 0 Å². The van der Waals surface area contributed by atoms with Crippen LogP contribution in [0.3, 0.4) is 0 Å². The molecule has 4 heteroatoms. The van der Waals surface area contributed by atoms with Gasteiger partial charge in [-0.25, -0.2) is 0 Å². The second-order valence-corrected chi connectivity index (χ2v) is 5.39. The smallest absolute Gasteiger partial charge is 0.252 e. The van der Waals surface area contributed by atoms with Crippen LogP contribution in [0.1, 0.15) is 48.0 Å². The molecule has 1 fully saturated rings. The van der Waals surface area contributed by atoms with Gasteiger partial charge in [-0.1, -0.05) is 19.3 Å². The van der Waals surface area contributed by atoms with Gasteiger partial charge < -0.3 is 5.32 Å². The van der Waals surface area contributed by atoms with Crippen molar-refractivity contribution < 1.29 is 4.79 Å². The molecular formula is C14H19ClN2O. The second-order valence-electron chi connectivity index (χ2n) is 5.12. The van der Waals surface area contributed by atoms with Crippen LogP contribution in [0, 0.1) is 6.92 Å². The molecule has 1 heterocycles. The molecule has 0 bridgehead atoms. The number of aryl methyl sites for hydroxylation is 1. The largest absolute Gasteiger partial charge is 0.345 e. The molecule has 2 rings (SSSR count). The van der Waals surface area contributed by atoms with Crippen molar-refractivity contribution in [3.63, 3.8) is 0 Å². The maximum absolute atomic E-state index is 12.3. The van der Waals surface area contributed by atoms with E-state index in [9.17, 15) is 4.79 Å². The number of halogens is 1. The Labute approximate surface area is 113 Å². The summed E-state index contributed by atoms with van der Waals surface area (Å²) in [5.74, 6) is 0.459. The standard InChI is InChI=1S/C14H19ClN2O/c1-11-9-16-8-5-12(11)13(18)17-14(10-15)6-3-2-4-7-14/h5,8-9H,2-4,6-7,10H2,1H3,(H,17,18). The lowest BCUT2D eigenvalue weighted by Crippen LogP contribution is -2.51. The molecule has 0 saturated heterocycles. The summed E-state index contributed by atoms with van der Waals surface area (Å²) in [4.78, 5) is 16.3. The van der Waals surface area contributed by atoms with Crippen LogP contribution in [0.25, 0.3) is 0 Å². The lowest BCUT2D eigenvalue weighted by atomic mass is 9.83. The number of nitrogens with zero attached hydrogens (tertiary/aromatic N) is 1. The third-order valence-electron chi connectivity index (χ3n) is 3.71. The van der Waals surface area contributed by atoms with Crippen molar-refractivity contribution in [3.05, 3.63) is 29.6 Å². The number of nitrogens with one attached hydrogen (secondary N) is 1. The molecular weight excluding hydrogens is 248 g/mol. The van der Waals surface area contributed by atoms with Crippen LogP contribution in [0.2, 0.25) is 0 Å². The zero-order chi connectivity index (χ0) is 13.0. The van der Waals surface area contributed by atoms with Crippen molar-refractivity contribution in [2.45, 2.75) is 44.6 Å². The van der Waals surface area contributed by atoms with Gasteiger partial charge >= 0.3 is 0 Å². The highest BCUT2D eigenvalue weighted by molar-refractivity contribution is 6.19. The monoisotopic (exact) mass is 266 g/mol. The van der Waals surface area contributed by atoms with E-state index in [1.165, 1.54) is 6.42 Å². The van der Waals surface area contributed by atoms with E-state index < -0.39 is 0 Å². The van der Waals surface area contributed by atoms with Gasteiger partial charge in [0.25, 0.3) is 5.91 Å². The normalized spacial score (nSPS) is 18.3. The van der Waals surface area contributed by atoms with Crippen molar-refractivity contribution in [1.29, 1.82) is 0 Å². The third-order valence-corrected chi connectivity index (χ3v) is 4.22. The van der Waals surface area contributed by atoms with Crippen LogP contribution in [0.4, 0.5) is 0 Å². The Morgan fingerprint density at radius 2 is 2.17 bits per heavy atom. The fraction of sp³-hybridized carbons (Fsp3) is 0.571. The van der Waals surface area contributed by atoms with E-state index >= 15 is 0 Å². The summed E-state index contributed by atoms with van der Waals surface area (Å²) in [6.07, 6.45) is 8.84. The Hall–Kier alpha value is -1.09. The van der Waals surface area contributed by atoms with Crippen LogP contribution in [-0.2, 0) is 0 Å². The first kappa shape index (κ1) is 13.3. The molecule has 1 aliphatic rings. The molecule has 0 aromatic carbocycles. The summed E-state index contributed by atoms with van der Waals surface area (Å²) < 4.78 is 0. The number of amides is 1. The maximum atomic E-state index is 12.3. The van der Waals surface area contributed by atoms with Gasteiger partial charge in [-0.15, -0.1) is 11.6 Å². The average molecular weight is 267 g/mol. The van der Waals surface area contributed by atoms with Gasteiger partial charge in [0.2, 0.25) is 0 Å². The fourth-order valence-corrected chi connectivity index (χ4v) is 2.89. The predicted molar refractivity (Wildman–Crippen MR) is 73.0 cm³/mol. The molecule has 0 spiro atoms. The number of pyridine rings is 1. The van der Waals surface area contributed by atoms with Gasteiger partial charge in [0, 0.05) is 23.8 Å². The molecule has 1 N–H and O–H groups in total. The Morgan fingerprint density at radius 3 is 2.78 bits per heavy atom. The van der Waals surface area contributed by atoms with Gasteiger partial charge in [-0.3, -0.25) is 9.78 Å². The van der Waals surface area contributed by atoms with Crippen LogP contribution in [0.15, 0.2) is 18.5 Å². The van der Waals surface area contributed by atoms with Gasteiger partial charge in [0.05, 0.1) is 5.54 Å². The van der Waals surface area contributed by atoms with Crippen molar-refractivity contribution in [2.24, 2.45) is 0 Å². The van der Waals surface area contributed by atoms with E-state index in [0.29, 0.717) is 11.4 Å². The molecule has 3 nitrogen and oxygen atoms in total. The summed E-state index contributed by atoms with van der Waals surface area (Å²) in [5.41, 5.74) is 1.38. The Bertz CT molecular complexity index is 428.